The first kappa shape index (κ1) is 24.2. The fraction of sp³-hybridized carbons (Fsp3) is 0.571. The molecule has 0 bridgehead atoms. The van der Waals surface area contributed by atoms with Crippen LogP contribution in [0.3, 0.4) is 0 Å². The molecule has 2 aliphatic heterocycles. The molecule has 0 unspecified atom stereocenters. The Labute approximate surface area is 218 Å². The standard InChI is InChI=1S/C28H38N8O/c1-3-34(4-2)21-10-14-35(15-11-21)22-8-9-24(29-18-22)32-27-30-17-20-16-23-26(37)31-19-28(12-6-5-7-13-28)36(23)25(20)33-27/h8-9,16-18,21H,3-7,10-15,19H2,1-2H3,(H,31,37)(H,29,30,32,33). The van der Waals surface area contributed by atoms with E-state index in [4.69, 9.17) is 4.98 Å². The number of aromatic nitrogens is 4. The number of fused-ring (bicyclic) bond motifs is 4. The Morgan fingerprint density at radius 1 is 1.08 bits per heavy atom. The number of pyridine rings is 1. The summed E-state index contributed by atoms with van der Waals surface area (Å²) < 4.78 is 2.20. The molecular weight excluding hydrogens is 464 g/mol. The van der Waals surface area contributed by atoms with Gasteiger partial charge in [0.05, 0.1) is 17.4 Å². The summed E-state index contributed by atoms with van der Waals surface area (Å²) in [6.45, 7) is 9.54. The summed E-state index contributed by atoms with van der Waals surface area (Å²) in [5, 5.41) is 7.31. The van der Waals surface area contributed by atoms with Crippen molar-refractivity contribution in [3.8, 4) is 0 Å². The topological polar surface area (TPSA) is 91.2 Å². The molecular formula is C28H38N8O. The number of amides is 1. The predicted molar refractivity (Wildman–Crippen MR) is 147 cm³/mol. The number of piperidine rings is 1. The second kappa shape index (κ2) is 9.93. The SMILES string of the molecule is CCN(CC)C1CCN(c2ccc(Nc3ncc4cc5n(c4n3)C3(CCCCC3)CNC5=O)nc2)CC1. The molecule has 1 spiro atoms. The van der Waals surface area contributed by atoms with Gasteiger partial charge in [-0.15, -0.1) is 0 Å². The number of nitrogens with zero attached hydrogens (tertiary/aromatic N) is 6. The normalized spacial score (nSPS) is 19.9. The van der Waals surface area contributed by atoms with Crippen LogP contribution in [0.1, 0.15) is 69.3 Å². The second-order valence-electron chi connectivity index (χ2n) is 10.8. The van der Waals surface area contributed by atoms with Crippen molar-refractivity contribution in [1.82, 2.24) is 29.7 Å². The van der Waals surface area contributed by atoms with Gasteiger partial charge < -0.3 is 25.0 Å². The fourth-order valence-corrected chi connectivity index (χ4v) is 6.71. The van der Waals surface area contributed by atoms with E-state index >= 15 is 0 Å². The molecule has 9 nitrogen and oxygen atoms in total. The molecule has 1 saturated carbocycles. The molecule has 0 radical (unpaired) electrons. The van der Waals surface area contributed by atoms with Gasteiger partial charge in [-0.2, -0.15) is 4.98 Å². The molecule has 3 aromatic heterocycles. The van der Waals surface area contributed by atoms with Crippen molar-refractivity contribution >= 4 is 34.4 Å². The summed E-state index contributed by atoms with van der Waals surface area (Å²) in [7, 11) is 0. The molecule has 3 aromatic rings. The molecule has 1 saturated heterocycles. The van der Waals surface area contributed by atoms with Crippen molar-refractivity contribution in [2.24, 2.45) is 0 Å². The van der Waals surface area contributed by atoms with Crippen LogP contribution in [-0.4, -0.2) is 69.1 Å². The van der Waals surface area contributed by atoms with E-state index in [2.05, 4.69) is 54.9 Å². The molecule has 3 aliphatic rings. The zero-order valence-corrected chi connectivity index (χ0v) is 22.0. The van der Waals surface area contributed by atoms with Crippen LogP contribution in [0.2, 0.25) is 0 Å². The molecule has 196 valence electrons. The third-order valence-corrected chi connectivity index (χ3v) is 8.76. The zero-order chi connectivity index (χ0) is 25.4. The van der Waals surface area contributed by atoms with Crippen molar-refractivity contribution < 1.29 is 4.79 Å². The monoisotopic (exact) mass is 502 g/mol. The third kappa shape index (κ3) is 4.43. The number of carbonyl (C=O) groups is 1. The largest absolute Gasteiger partial charge is 0.370 e. The highest BCUT2D eigenvalue weighted by molar-refractivity contribution is 5.99. The van der Waals surface area contributed by atoms with Crippen LogP contribution < -0.4 is 15.5 Å². The Kier molecular flexibility index (Phi) is 6.48. The summed E-state index contributed by atoms with van der Waals surface area (Å²) in [5.41, 5.74) is 2.60. The van der Waals surface area contributed by atoms with Crippen molar-refractivity contribution in [2.75, 3.05) is 42.9 Å². The lowest BCUT2D eigenvalue weighted by molar-refractivity contribution is 0.0833. The quantitative estimate of drug-likeness (QED) is 0.520. The summed E-state index contributed by atoms with van der Waals surface area (Å²) >= 11 is 0. The number of nitrogens with one attached hydrogen (secondary N) is 2. The Hall–Kier alpha value is -3.20. The molecule has 37 heavy (non-hydrogen) atoms. The molecule has 2 N–H and O–H groups in total. The Morgan fingerprint density at radius 2 is 1.86 bits per heavy atom. The fourth-order valence-electron chi connectivity index (χ4n) is 6.71. The lowest BCUT2D eigenvalue weighted by atomic mass is 9.80. The van der Waals surface area contributed by atoms with E-state index in [-0.39, 0.29) is 11.4 Å². The average molecular weight is 503 g/mol. The van der Waals surface area contributed by atoms with Crippen molar-refractivity contribution in [3.05, 3.63) is 36.3 Å². The van der Waals surface area contributed by atoms with E-state index in [0.29, 0.717) is 24.2 Å². The van der Waals surface area contributed by atoms with Gasteiger partial charge in [-0.25, -0.2) is 9.97 Å². The van der Waals surface area contributed by atoms with Crippen LogP contribution >= 0.6 is 0 Å². The van der Waals surface area contributed by atoms with Crippen LogP contribution in [0.25, 0.3) is 11.0 Å². The van der Waals surface area contributed by atoms with Gasteiger partial charge in [0.15, 0.2) is 0 Å². The van der Waals surface area contributed by atoms with Gasteiger partial charge in [0.2, 0.25) is 5.95 Å². The zero-order valence-electron chi connectivity index (χ0n) is 22.0. The maximum Gasteiger partial charge on any atom is 0.268 e. The van der Waals surface area contributed by atoms with Crippen LogP contribution in [0.15, 0.2) is 30.6 Å². The summed E-state index contributed by atoms with van der Waals surface area (Å²) in [6.07, 6.45) is 11.9. The van der Waals surface area contributed by atoms with Gasteiger partial charge in [0.25, 0.3) is 5.91 Å². The van der Waals surface area contributed by atoms with E-state index in [1.54, 1.807) is 0 Å². The maximum atomic E-state index is 12.7. The van der Waals surface area contributed by atoms with Crippen LogP contribution in [-0.2, 0) is 5.54 Å². The van der Waals surface area contributed by atoms with E-state index in [1.165, 1.54) is 32.1 Å². The number of hydrogen-bond acceptors (Lipinski definition) is 7. The van der Waals surface area contributed by atoms with Crippen molar-refractivity contribution in [2.45, 2.75) is 70.4 Å². The lowest BCUT2D eigenvalue weighted by Gasteiger charge is -2.42. The molecule has 6 rings (SSSR count). The van der Waals surface area contributed by atoms with Gasteiger partial charge >= 0.3 is 0 Å². The van der Waals surface area contributed by atoms with Crippen molar-refractivity contribution in [1.29, 1.82) is 0 Å². The second-order valence-corrected chi connectivity index (χ2v) is 10.8. The number of carbonyl (C=O) groups excluding carboxylic acids is 1. The van der Waals surface area contributed by atoms with Gasteiger partial charge in [-0.3, -0.25) is 4.79 Å². The van der Waals surface area contributed by atoms with Crippen LogP contribution in [0, 0.1) is 0 Å². The first-order chi connectivity index (χ1) is 18.1. The highest BCUT2D eigenvalue weighted by Crippen LogP contribution is 2.40. The minimum Gasteiger partial charge on any atom is -0.370 e. The molecule has 1 amide bonds. The highest BCUT2D eigenvalue weighted by atomic mass is 16.2. The van der Waals surface area contributed by atoms with E-state index in [1.807, 2.05) is 24.5 Å². The van der Waals surface area contributed by atoms with E-state index < -0.39 is 0 Å². The van der Waals surface area contributed by atoms with Gasteiger partial charge in [-0.1, -0.05) is 33.1 Å². The minimum absolute atomic E-state index is 0.0258. The Morgan fingerprint density at radius 3 is 2.57 bits per heavy atom. The van der Waals surface area contributed by atoms with Crippen molar-refractivity contribution in [3.63, 3.8) is 0 Å². The third-order valence-electron chi connectivity index (χ3n) is 8.76. The first-order valence-corrected chi connectivity index (χ1v) is 14.0. The predicted octanol–water partition coefficient (Wildman–Crippen LogP) is 4.28. The van der Waals surface area contributed by atoms with Crippen LogP contribution in [0.4, 0.5) is 17.5 Å². The lowest BCUT2D eigenvalue weighted by Crippen LogP contribution is -2.52. The maximum absolute atomic E-state index is 12.7. The highest BCUT2D eigenvalue weighted by Gasteiger charge is 2.41. The average Bonchev–Trinajstić information content (AvgIpc) is 3.34. The molecule has 9 heteroatoms. The smallest absolute Gasteiger partial charge is 0.268 e. The van der Waals surface area contributed by atoms with Gasteiger partial charge in [-0.05, 0) is 57.0 Å². The molecule has 5 heterocycles. The van der Waals surface area contributed by atoms with Crippen LogP contribution in [0.5, 0.6) is 0 Å². The summed E-state index contributed by atoms with van der Waals surface area (Å²) in [4.78, 5) is 31.8. The number of hydrogen-bond donors (Lipinski definition) is 2. The molecule has 2 fully saturated rings. The summed E-state index contributed by atoms with van der Waals surface area (Å²) in [5.74, 6) is 1.20. The molecule has 1 aliphatic carbocycles. The van der Waals surface area contributed by atoms with E-state index in [9.17, 15) is 4.79 Å². The van der Waals surface area contributed by atoms with Gasteiger partial charge in [0.1, 0.15) is 17.2 Å². The first-order valence-electron chi connectivity index (χ1n) is 14.0. The Balaban J connectivity index is 1.19. The van der Waals surface area contributed by atoms with E-state index in [0.717, 1.165) is 61.6 Å². The molecule has 0 aromatic carbocycles. The number of rotatable bonds is 6. The Bertz CT molecular complexity index is 1250. The molecule has 0 atom stereocenters. The van der Waals surface area contributed by atoms with Gasteiger partial charge in [0, 0.05) is 37.3 Å². The summed E-state index contributed by atoms with van der Waals surface area (Å²) in [6, 6.07) is 6.75. The minimum atomic E-state index is -0.0898. The number of anilines is 3.